The van der Waals surface area contributed by atoms with Gasteiger partial charge in [-0.25, -0.2) is 0 Å². The summed E-state index contributed by atoms with van der Waals surface area (Å²) >= 11 is 0. The summed E-state index contributed by atoms with van der Waals surface area (Å²) in [5.74, 6) is 0. The Balaban J connectivity index is 0. The number of hydrogen-bond donors (Lipinski definition) is 0. The SMILES string of the molecule is CCCCCCCCCCCCCCCCCCCCCCCCCCCCCCCCCCC.CN(C)C. The van der Waals surface area contributed by atoms with Crippen molar-refractivity contribution >= 4 is 0 Å². The van der Waals surface area contributed by atoms with Crippen molar-refractivity contribution in [1.82, 2.24) is 4.90 Å². The van der Waals surface area contributed by atoms with Gasteiger partial charge in [0.2, 0.25) is 0 Å². The van der Waals surface area contributed by atoms with Gasteiger partial charge in [-0.05, 0) is 21.1 Å². The molecule has 0 aliphatic rings. The first-order chi connectivity index (χ1) is 19.1. The van der Waals surface area contributed by atoms with E-state index >= 15 is 0 Å². The highest BCUT2D eigenvalue weighted by atomic mass is 15.0. The molecule has 0 N–H and O–H groups in total. The third kappa shape index (κ3) is 48.1. The van der Waals surface area contributed by atoms with Crippen molar-refractivity contribution in [3.63, 3.8) is 0 Å². The Morgan fingerprint density at radius 3 is 0.359 bits per heavy atom. The van der Waals surface area contributed by atoms with Crippen LogP contribution in [0.3, 0.4) is 0 Å². The van der Waals surface area contributed by atoms with Crippen molar-refractivity contribution in [1.29, 1.82) is 0 Å². The lowest BCUT2D eigenvalue weighted by molar-refractivity contribution is 0.505. The van der Waals surface area contributed by atoms with Gasteiger partial charge < -0.3 is 4.90 Å². The summed E-state index contributed by atoms with van der Waals surface area (Å²) in [4.78, 5) is 2.00. The van der Waals surface area contributed by atoms with Gasteiger partial charge in [-0.15, -0.1) is 0 Å². The van der Waals surface area contributed by atoms with Gasteiger partial charge in [-0.2, -0.15) is 0 Å². The lowest BCUT2D eigenvalue weighted by atomic mass is 10.0. The molecule has 0 radical (unpaired) electrons. The first kappa shape index (κ1) is 41.1. The van der Waals surface area contributed by atoms with E-state index in [1.807, 2.05) is 26.0 Å². The molecule has 1 heteroatoms. The van der Waals surface area contributed by atoms with E-state index in [1.165, 1.54) is 212 Å². The summed E-state index contributed by atoms with van der Waals surface area (Å²) in [6.07, 6.45) is 48.9. The Bertz CT molecular complexity index is 342. The fourth-order valence-corrected chi connectivity index (χ4v) is 5.63. The van der Waals surface area contributed by atoms with Gasteiger partial charge in [-0.1, -0.05) is 226 Å². The monoisotopic (exact) mass is 552 g/mol. The first-order valence-corrected chi connectivity index (χ1v) is 18.8. The minimum Gasteiger partial charge on any atom is -0.312 e. The molecule has 0 aliphatic carbocycles. The molecule has 0 rings (SSSR count). The third-order valence-corrected chi connectivity index (χ3v) is 8.21. The summed E-state index contributed by atoms with van der Waals surface area (Å²) in [5.41, 5.74) is 0. The quantitative estimate of drug-likeness (QED) is 0.0751. The van der Waals surface area contributed by atoms with Crippen molar-refractivity contribution in [3.8, 4) is 0 Å². The third-order valence-electron chi connectivity index (χ3n) is 8.21. The first-order valence-electron chi connectivity index (χ1n) is 18.8. The molecule has 0 aromatic carbocycles. The summed E-state index contributed by atoms with van der Waals surface area (Å²) in [7, 11) is 6.00. The highest BCUT2D eigenvalue weighted by molar-refractivity contribution is 4.52. The van der Waals surface area contributed by atoms with Crippen LogP contribution < -0.4 is 0 Å². The Kier molecular flexibility index (Phi) is 42.3. The van der Waals surface area contributed by atoms with Gasteiger partial charge in [0.25, 0.3) is 0 Å². The van der Waals surface area contributed by atoms with E-state index in [2.05, 4.69) is 13.8 Å². The van der Waals surface area contributed by atoms with Crippen LogP contribution in [0.4, 0.5) is 0 Å². The van der Waals surface area contributed by atoms with Crippen LogP contribution in [0.2, 0.25) is 0 Å². The van der Waals surface area contributed by atoms with Gasteiger partial charge in [0.15, 0.2) is 0 Å². The van der Waals surface area contributed by atoms with Crippen LogP contribution in [0.5, 0.6) is 0 Å². The average molecular weight is 552 g/mol. The number of nitrogens with zero attached hydrogens (tertiary/aromatic N) is 1. The molecule has 0 spiro atoms. The molecule has 0 saturated carbocycles. The van der Waals surface area contributed by atoms with Crippen molar-refractivity contribution in [2.24, 2.45) is 0 Å². The lowest BCUT2D eigenvalue weighted by Crippen LogP contribution is -1.99. The second-order valence-corrected chi connectivity index (χ2v) is 13.3. The fraction of sp³-hybridized carbons (Fsp3) is 1.00. The molecule has 0 atom stereocenters. The molecule has 0 unspecified atom stereocenters. The molecule has 1 nitrogen and oxygen atoms in total. The van der Waals surface area contributed by atoms with E-state index in [-0.39, 0.29) is 0 Å². The second-order valence-electron chi connectivity index (χ2n) is 13.3. The molecule has 0 amide bonds. The van der Waals surface area contributed by atoms with E-state index < -0.39 is 0 Å². The minimum absolute atomic E-state index is 1.37. The standard InChI is InChI=1S/C35H72.C3H9N/c1-3-5-7-9-11-13-15-17-19-21-23-25-27-29-31-33-35-34-32-30-28-26-24-22-20-18-16-14-12-10-8-6-4-2;1-4(2)3/h3-35H2,1-2H3;1-3H3. The molecule has 0 aromatic rings. The maximum atomic E-state index is 2.31. The number of unbranched alkanes of at least 4 members (excludes halogenated alkanes) is 32. The summed E-state index contributed by atoms with van der Waals surface area (Å²) < 4.78 is 0. The largest absolute Gasteiger partial charge is 0.312 e. The van der Waals surface area contributed by atoms with Gasteiger partial charge in [0.05, 0.1) is 0 Å². The summed E-state index contributed by atoms with van der Waals surface area (Å²) in [6.45, 7) is 4.62. The van der Waals surface area contributed by atoms with E-state index in [4.69, 9.17) is 0 Å². The van der Waals surface area contributed by atoms with Crippen LogP contribution in [0.25, 0.3) is 0 Å². The van der Waals surface area contributed by atoms with Crippen LogP contribution >= 0.6 is 0 Å². The van der Waals surface area contributed by atoms with Crippen molar-refractivity contribution in [3.05, 3.63) is 0 Å². The smallest absolute Gasteiger partial charge is 0.0140 e. The normalized spacial score (nSPS) is 11.2. The fourth-order valence-electron chi connectivity index (χ4n) is 5.63. The number of hydrogen-bond acceptors (Lipinski definition) is 1. The van der Waals surface area contributed by atoms with E-state index in [0.29, 0.717) is 0 Å². The molecule has 0 saturated heterocycles. The highest BCUT2D eigenvalue weighted by Gasteiger charge is 1.97. The molecule has 0 aliphatic heterocycles. The van der Waals surface area contributed by atoms with Crippen LogP contribution in [-0.2, 0) is 0 Å². The Labute approximate surface area is 251 Å². The van der Waals surface area contributed by atoms with Crippen molar-refractivity contribution in [2.45, 2.75) is 226 Å². The van der Waals surface area contributed by atoms with Crippen LogP contribution in [0.1, 0.15) is 226 Å². The Hall–Kier alpha value is -0.0400. The van der Waals surface area contributed by atoms with E-state index in [1.54, 1.807) is 0 Å². The highest BCUT2D eigenvalue weighted by Crippen LogP contribution is 2.16. The maximum absolute atomic E-state index is 2.31. The predicted molar refractivity (Wildman–Crippen MR) is 183 cm³/mol. The van der Waals surface area contributed by atoms with Gasteiger partial charge in [-0.3, -0.25) is 0 Å². The topological polar surface area (TPSA) is 3.24 Å². The molecule has 39 heavy (non-hydrogen) atoms. The van der Waals surface area contributed by atoms with Gasteiger partial charge in [0, 0.05) is 0 Å². The molecule has 0 bridgehead atoms. The van der Waals surface area contributed by atoms with Crippen LogP contribution in [-0.4, -0.2) is 26.0 Å². The predicted octanol–water partition coefficient (Wildman–Crippen LogP) is 14.1. The van der Waals surface area contributed by atoms with E-state index in [0.717, 1.165) is 0 Å². The zero-order valence-electron chi connectivity index (χ0n) is 28.8. The molecule has 0 aromatic heterocycles. The Morgan fingerprint density at radius 1 is 0.205 bits per heavy atom. The van der Waals surface area contributed by atoms with Crippen LogP contribution in [0.15, 0.2) is 0 Å². The van der Waals surface area contributed by atoms with Gasteiger partial charge in [0.1, 0.15) is 0 Å². The molecule has 238 valence electrons. The Morgan fingerprint density at radius 2 is 0.282 bits per heavy atom. The van der Waals surface area contributed by atoms with Crippen LogP contribution in [0, 0.1) is 0 Å². The minimum atomic E-state index is 1.37. The second kappa shape index (κ2) is 40.1. The maximum Gasteiger partial charge on any atom is -0.0140 e. The van der Waals surface area contributed by atoms with Crippen molar-refractivity contribution < 1.29 is 0 Å². The molecule has 0 fully saturated rings. The lowest BCUT2D eigenvalue weighted by Gasteiger charge is -2.04. The average Bonchev–Trinajstić information content (AvgIpc) is 2.91. The van der Waals surface area contributed by atoms with Gasteiger partial charge >= 0.3 is 0 Å². The molecular formula is C38H81N. The summed E-state index contributed by atoms with van der Waals surface area (Å²) in [5, 5.41) is 0. The zero-order valence-corrected chi connectivity index (χ0v) is 28.8. The van der Waals surface area contributed by atoms with Crippen molar-refractivity contribution in [2.75, 3.05) is 21.1 Å². The number of rotatable bonds is 32. The van der Waals surface area contributed by atoms with E-state index in [9.17, 15) is 0 Å². The summed E-state index contributed by atoms with van der Waals surface area (Å²) in [6, 6.07) is 0. The zero-order chi connectivity index (χ0) is 28.9. The molecular weight excluding hydrogens is 470 g/mol. The molecule has 0 heterocycles.